The Morgan fingerprint density at radius 3 is 2.31 bits per heavy atom. The number of methoxy groups -OCH3 is 1. The molecule has 0 aliphatic heterocycles. The Labute approximate surface area is 152 Å². The van der Waals surface area contributed by atoms with Gasteiger partial charge in [0.05, 0.1) is 7.11 Å². The first-order valence-corrected chi connectivity index (χ1v) is 8.10. The van der Waals surface area contributed by atoms with E-state index in [0.717, 1.165) is 11.1 Å². The molecule has 0 aliphatic carbocycles. The van der Waals surface area contributed by atoms with Crippen LogP contribution in [0.5, 0.6) is 0 Å². The Balaban J connectivity index is 1.98. The fourth-order valence-corrected chi connectivity index (χ4v) is 2.30. The van der Waals surface area contributed by atoms with Gasteiger partial charge in [0.2, 0.25) is 6.10 Å². The maximum atomic E-state index is 12.1. The van der Waals surface area contributed by atoms with Crippen LogP contribution in [0.4, 0.5) is 0 Å². The van der Waals surface area contributed by atoms with Gasteiger partial charge in [0.1, 0.15) is 6.54 Å². The first kappa shape index (κ1) is 19.2. The van der Waals surface area contributed by atoms with Gasteiger partial charge < -0.3 is 14.8 Å². The first-order chi connectivity index (χ1) is 12.4. The van der Waals surface area contributed by atoms with Crippen LogP contribution in [0.3, 0.4) is 0 Å². The minimum atomic E-state index is -1.17. The van der Waals surface area contributed by atoms with Crippen molar-refractivity contribution < 1.29 is 23.9 Å². The van der Waals surface area contributed by atoms with Crippen LogP contribution in [0.1, 0.15) is 33.2 Å². The molecule has 6 nitrogen and oxygen atoms in total. The molecular formula is C20H21NO5. The van der Waals surface area contributed by atoms with E-state index in [0.29, 0.717) is 11.1 Å². The van der Waals surface area contributed by atoms with E-state index in [1.807, 2.05) is 19.9 Å². The van der Waals surface area contributed by atoms with Crippen molar-refractivity contribution in [2.45, 2.75) is 20.0 Å². The highest BCUT2D eigenvalue weighted by Gasteiger charge is 2.25. The number of rotatable bonds is 6. The van der Waals surface area contributed by atoms with Gasteiger partial charge in [0.15, 0.2) is 0 Å². The van der Waals surface area contributed by atoms with Crippen molar-refractivity contribution >= 4 is 17.8 Å². The average Bonchev–Trinajstić information content (AvgIpc) is 2.66. The first-order valence-electron chi connectivity index (χ1n) is 8.10. The standard InChI is InChI=1S/C20H21NO5/c1-13-9-10-16(11-14(13)2)19(23)21-12-17(22)26-18(20(24)25-3)15-7-5-4-6-8-15/h4-11,18H,12H2,1-3H3,(H,21,23). The highest BCUT2D eigenvalue weighted by atomic mass is 16.6. The molecule has 1 unspecified atom stereocenters. The molecule has 6 heteroatoms. The second-order valence-electron chi connectivity index (χ2n) is 5.79. The summed E-state index contributed by atoms with van der Waals surface area (Å²) in [5.41, 5.74) is 3.00. The third kappa shape index (κ3) is 4.92. The Morgan fingerprint density at radius 2 is 1.69 bits per heavy atom. The topological polar surface area (TPSA) is 81.7 Å². The van der Waals surface area contributed by atoms with E-state index < -0.39 is 18.0 Å². The molecule has 1 N–H and O–H groups in total. The lowest BCUT2D eigenvalue weighted by Gasteiger charge is -2.16. The predicted molar refractivity (Wildman–Crippen MR) is 95.5 cm³/mol. The Bertz CT molecular complexity index is 801. The Kier molecular flexibility index (Phi) is 6.49. The number of esters is 2. The van der Waals surface area contributed by atoms with Crippen molar-refractivity contribution in [1.82, 2.24) is 5.32 Å². The monoisotopic (exact) mass is 355 g/mol. The highest BCUT2D eigenvalue weighted by Crippen LogP contribution is 2.18. The number of ether oxygens (including phenoxy) is 2. The lowest BCUT2D eigenvalue weighted by atomic mass is 10.1. The molecule has 0 aromatic heterocycles. The summed E-state index contributed by atoms with van der Waals surface area (Å²) < 4.78 is 9.87. The molecule has 0 radical (unpaired) electrons. The highest BCUT2D eigenvalue weighted by molar-refractivity contribution is 5.96. The zero-order valence-corrected chi connectivity index (χ0v) is 14.9. The number of hydrogen-bond donors (Lipinski definition) is 1. The Hall–Kier alpha value is -3.15. The molecule has 0 fully saturated rings. The molecule has 1 amide bonds. The predicted octanol–water partition coefficient (Wildman–Crippen LogP) is 2.49. The quantitative estimate of drug-likeness (QED) is 0.805. The lowest BCUT2D eigenvalue weighted by Crippen LogP contribution is -2.32. The molecule has 0 spiro atoms. The van der Waals surface area contributed by atoms with E-state index in [1.54, 1.807) is 42.5 Å². The van der Waals surface area contributed by atoms with Gasteiger partial charge in [-0.2, -0.15) is 0 Å². The minimum Gasteiger partial charge on any atom is -0.466 e. The van der Waals surface area contributed by atoms with Crippen LogP contribution in [-0.4, -0.2) is 31.5 Å². The van der Waals surface area contributed by atoms with Crippen LogP contribution < -0.4 is 5.32 Å². The summed E-state index contributed by atoms with van der Waals surface area (Å²) in [4.78, 5) is 36.1. The van der Waals surface area contributed by atoms with Gasteiger partial charge in [-0.15, -0.1) is 0 Å². The zero-order chi connectivity index (χ0) is 19.1. The maximum Gasteiger partial charge on any atom is 0.351 e. The maximum absolute atomic E-state index is 12.1. The minimum absolute atomic E-state index is 0.355. The van der Waals surface area contributed by atoms with E-state index in [2.05, 4.69) is 10.1 Å². The second kappa shape index (κ2) is 8.80. The number of carbonyl (C=O) groups is 3. The molecule has 0 saturated carbocycles. The summed E-state index contributed by atoms with van der Waals surface area (Å²) in [6.45, 7) is 3.50. The zero-order valence-electron chi connectivity index (χ0n) is 14.9. The second-order valence-corrected chi connectivity index (χ2v) is 5.79. The van der Waals surface area contributed by atoms with Crippen molar-refractivity contribution in [1.29, 1.82) is 0 Å². The molecule has 136 valence electrons. The molecule has 0 aliphatic rings. The summed E-state index contributed by atoms with van der Waals surface area (Å²) in [6.07, 6.45) is -1.17. The molecular weight excluding hydrogens is 334 g/mol. The van der Waals surface area contributed by atoms with Crippen LogP contribution in [-0.2, 0) is 19.1 Å². The third-order valence-corrected chi connectivity index (χ3v) is 3.93. The molecule has 0 saturated heterocycles. The Morgan fingerprint density at radius 1 is 1.00 bits per heavy atom. The van der Waals surface area contributed by atoms with Crippen LogP contribution in [0.25, 0.3) is 0 Å². The normalized spacial score (nSPS) is 11.3. The van der Waals surface area contributed by atoms with Crippen LogP contribution in [0, 0.1) is 13.8 Å². The summed E-state index contributed by atoms with van der Waals surface area (Å²) in [6, 6.07) is 13.8. The van der Waals surface area contributed by atoms with Gasteiger partial charge in [-0.05, 0) is 37.1 Å². The number of nitrogens with one attached hydrogen (secondary N) is 1. The molecule has 26 heavy (non-hydrogen) atoms. The number of carbonyl (C=O) groups excluding carboxylic acids is 3. The fourth-order valence-electron chi connectivity index (χ4n) is 2.30. The van der Waals surface area contributed by atoms with E-state index in [-0.39, 0.29) is 12.5 Å². The van der Waals surface area contributed by atoms with Gasteiger partial charge in [0, 0.05) is 11.1 Å². The molecule has 0 heterocycles. The SMILES string of the molecule is COC(=O)C(OC(=O)CNC(=O)c1ccc(C)c(C)c1)c1ccccc1. The molecule has 1 atom stereocenters. The molecule has 0 bridgehead atoms. The van der Waals surface area contributed by atoms with E-state index in [9.17, 15) is 14.4 Å². The lowest BCUT2D eigenvalue weighted by molar-refractivity contribution is -0.166. The van der Waals surface area contributed by atoms with E-state index >= 15 is 0 Å². The van der Waals surface area contributed by atoms with Crippen molar-refractivity contribution in [2.75, 3.05) is 13.7 Å². The largest absolute Gasteiger partial charge is 0.466 e. The average molecular weight is 355 g/mol. The van der Waals surface area contributed by atoms with Gasteiger partial charge >= 0.3 is 11.9 Å². The van der Waals surface area contributed by atoms with E-state index in [1.165, 1.54) is 7.11 Å². The number of hydrogen-bond acceptors (Lipinski definition) is 5. The summed E-state index contributed by atoms with van der Waals surface area (Å²) in [7, 11) is 1.22. The number of amides is 1. The summed E-state index contributed by atoms with van der Waals surface area (Å²) >= 11 is 0. The number of benzene rings is 2. The van der Waals surface area contributed by atoms with Gasteiger partial charge in [-0.3, -0.25) is 9.59 Å². The number of aryl methyl sites for hydroxylation is 2. The fraction of sp³-hybridized carbons (Fsp3) is 0.250. The van der Waals surface area contributed by atoms with Crippen molar-refractivity contribution in [3.8, 4) is 0 Å². The molecule has 2 aromatic rings. The van der Waals surface area contributed by atoms with Crippen molar-refractivity contribution in [2.24, 2.45) is 0 Å². The third-order valence-electron chi connectivity index (χ3n) is 3.93. The summed E-state index contributed by atoms with van der Waals surface area (Å²) in [5.74, 6) is -1.81. The van der Waals surface area contributed by atoms with Crippen LogP contribution in [0.15, 0.2) is 48.5 Å². The van der Waals surface area contributed by atoms with Crippen LogP contribution in [0.2, 0.25) is 0 Å². The van der Waals surface area contributed by atoms with E-state index in [4.69, 9.17) is 4.74 Å². The van der Waals surface area contributed by atoms with Gasteiger partial charge in [0.25, 0.3) is 5.91 Å². The summed E-state index contributed by atoms with van der Waals surface area (Å²) in [5, 5.41) is 2.49. The van der Waals surface area contributed by atoms with Crippen molar-refractivity contribution in [3.63, 3.8) is 0 Å². The van der Waals surface area contributed by atoms with Crippen LogP contribution >= 0.6 is 0 Å². The smallest absolute Gasteiger partial charge is 0.351 e. The van der Waals surface area contributed by atoms with Gasteiger partial charge in [-0.25, -0.2) is 4.79 Å². The molecule has 2 aromatic carbocycles. The van der Waals surface area contributed by atoms with Gasteiger partial charge in [-0.1, -0.05) is 36.4 Å². The molecule has 2 rings (SSSR count). The van der Waals surface area contributed by atoms with Crippen molar-refractivity contribution in [3.05, 3.63) is 70.8 Å².